The minimum absolute atomic E-state index is 0.564. The highest BCUT2D eigenvalue weighted by Crippen LogP contribution is 2.25. The van der Waals surface area contributed by atoms with Crippen LogP contribution >= 0.6 is 0 Å². The second-order valence-corrected chi connectivity index (χ2v) is 3.82. The molecule has 1 fully saturated rings. The lowest BCUT2D eigenvalue weighted by Gasteiger charge is -2.34. The fourth-order valence-electron chi connectivity index (χ4n) is 1.04. The molecule has 0 atom stereocenters. The number of rotatable bonds is 0. The Labute approximate surface area is 51.5 Å². The molecular weight excluding hydrogens is 98.1 g/mol. The predicted octanol–water partition coefficient (Wildman–Crippen LogP) is 0.226. The van der Waals surface area contributed by atoms with Crippen molar-refractivity contribution in [2.45, 2.75) is 20.8 Å². The summed E-state index contributed by atoms with van der Waals surface area (Å²) in [5.74, 6) is 0.975. The molecule has 48 valence electrons. The molecule has 1 saturated heterocycles. The molecule has 0 aliphatic carbocycles. The molecule has 0 amide bonds. The smallest absolute Gasteiger partial charge is 0.0843 e. The summed E-state index contributed by atoms with van der Waals surface area (Å²) in [6.45, 7) is 9.67. The van der Waals surface area contributed by atoms with E-state index in [4.69, 9.17) is 0 Å². The molecule has 0 unspecified atom stereocenters. The molecule has 2 N–H and O–H groups in total. The molecule has 1 nitrogen and oxygen atoms in total. The van der Waals surface area contributed by atoms with Crippen molar-refractivity contribution in [1.82, 2.24) is 0 Å². The van der Waals surface area contributed by atoms with E-state index in [-0.39, 0.29) is 0 Å². The third-order valence-corrected chi connectivity index (χ3v) is 2.13. The number of hydrogen-bond acceptors (Lipinski definition) is 0. The molecule has 1 heteroatoms. The molecule has 0 bridgehead atoms. The minimum atomic E-state index is 0.564. The third-order valence-electron chi connectivity index (χ3n) is 2.13. The van der Waals surface area contributed by atoms with Crippen molar-refractivity contribution in [2.24, 2.45) is 11.3 Å². The predicted molar refractivity (Wildman–Crippen MR) is 34.6 cm³/mol. The van der Waals surface area contributed by atoms with E-state index in [0.717, 1.165) is 5.92 Å². The lowest BCUT2D eigenvalue weighted by atomic mass is 9.77. The van der Waals surface area contributed by atoms with E-state index in [1.54, 1.807) is 0 Å². The Morgan fingerprint density at radius 1 is 1.25 bits per heavy atom. The fraction of sp³-hybridized carbons (Fsp3) is 1.00. The van der Waals surface area contributed by atoms with Crippen LogP contribution in [-0.2, 0) is 0 Å². The maximum atomic E-state index is 2.37. The molecule has 1 heterocycles. The first-order valence-corrected chi connectivity index (χ1v) is 3.42. The van der Waals surface area contributed by atoms with E-state index in [1.807, 2.05) is 0 Å². The van der Waals surface area contributed by atoms with Gasteiger partial charge in [-0.1, -0.05) is 20.8 Å². The van der Waals surface area contributed by atoms with Crippen LogP contribution in [0.15, 0.2) is 0 Å². The molecule has 1 aliphatic heterocycles. The van der Waals surface area contributed by atoms with Gasteiger partial charge in [-0.3, -0.25) is 0 Å². The second kappa shape index (κ2) is 1.73. The van der Waals surface area contributed by atoms with Crippen LogP contribution in [0.25, 0.3) is 0 Å². The Bertz CT molecular complexity index is 76.9. The Hall–Kier alpha value is -0.0400. The summed E-state index contributed by atoms with van der Waals surface area (Å²) >= 11 is 0. The van der Waals surface area contributed by atoms with Crippen LogP contribution < -0.4 is 5.32 Å². The zero-order chi connectivity index (χ0) is 6.20. The Morgan fingerprint density at radius 3 is 1.75 bits per heavy atom. The van der Waals surface area contributed by atoms with Gasteiger partial charge in [-0.15, -0.1) is 0 Å². The van der Waals surface area contributed by atoms with Crippen molar-refractivity contribution >= 4 is 0 Å². The van der Waals surface area contributed by atoms with Crippen LogP contribution in [0.4, 0.5) is 0 Å². The van der Waals surface area contributed by atoms with Crippen LogP contribution in [0.5, 0.6) is 0 Å². The van der Waals surface area contributed by atoms with Crippen LogP contribution in [-0.4, -0.2) is 13.1 Å². The third kappa shape index (κ3) is 1.03. The Morgan fingerprint density at radius 2 is 1.75 bits per heavy atom. The summed E-state index contributed by atoms with van der Waals surface area (Å²) in [4.78, 5) is 0. The van der Waals surface area contributed by atoms with E-state index < -0.39 is 0 Å². The van der Waals surface area contributed by atoms with Gasteiger partial charge < -0.3 is 5.32 Å². The molecule has 0 radical (unpaired) electrons. The van der Waals surface area contributed by atoms with Gasteiger partial charge in [0.2, 0.25) is 0 Å². The normalized spacial score (nSPS) is 22.9. The van der Waals surface area contributed by atoms with Gasteiger partial charge >= 0.3 is 0 Å². The van der Waals surface area contributed by atoms with Gasteiger partial charge in [0.1, 0.15) is 0 Å². The summed E-state index contributed by atoms with van der Waals surface area (Å²) in [6.07, 6.45) is 0. The van der Waals surface area contributed by atoms with E-state index in [9.17, 15) is 0 Å². The van der Waals surface area contributed by atoms with Crippen molar-refractivity contribution in [3.63, 3.8) is 0 Å². The van der Waals surface area contributed by atoms with E-state index in [2.05, 4.69) is 26.1 Å². The summed E-state index contributed by atoms with van der Waals surface area (Å²) < 4.78 is 0. The first kappa shape index (κ1) is 6.09. The molecule has 0 aromatic carbocycles. The van der Waals surface area contributed by atoms with Gasteiger partial charge in [0.05, 0.1) is 19.0 Å². The first-order valence-electron chi connectivity index (χ1n) is 3.42. The van der Waals surface area contributed by atoms with E-state index in [0.29, 0.717) is 5.41 Å². The molecular formula is C7H16N+. The van der Waals surface area contributed by atoms with Crippen molar-refractivity contribution in [3.05, 3.63) is 0 Å². The SMILES string of the molecule is CC(C)(C)C1C[NH2+]C1. The molecule has 1 rings (SSSR count). The van der Waals surface area contributed by atoms with Crippen LogP contribution in [0, 0.1) is 11.3 Å². The summed E-state index contributed by atoms with van der Waals surface area (Å²) in [5.41, 5.74) is 0.564. The average Bonchev–Trinajstić information content (AvgIpc) is 1.16. The molecule has 8 heavy (non-hydrogen) atoms. The van der Waals surface area contributed by atoms with Gasteiger partial charge in [0.15, 0.2) is 0 Å². The Balaban J connectivity index is 2.34. The number of quaternary nitrogens is 1. The number of nitrogens with two attached hydrogens (primary N) is 1. The maximum absolute atomic E-state index is 2.37. The minimum Gasteiger partial charge on any atom is -0.345 e. The first-order chi connectivity index (χ1) is 3.61. The summed E-state index contributed by atoms with van der Waals surface area (Å²) in [7, 11) is 0. The van der Waals surface area contributed by atoms with Gasteiger partial charge in [-0.25, -0.2) is 0 Å². The van der Waals surface area contributed by atoms with Gasteiger partial charge in [0.25, 0.3) is 0 Å². The van der Waals surface area contributed by atoms with Crippen LogP contribution in [0.1, 0.15) is 20.8 Å². The van der Waals surface area contributed by atoms with Gasteiger partial charge in [-0.05, 0) is 5.41 Å². The monoisotopic (exact) mass is 114 g/mol. The van der Waals surface area contributed by atoms with Gasteiger partial charge in [-0.2, -0.15) is 0 Å². The molecule has 0 aromatic rings. The molecule has 1 aliphatic rings. The van der Waals surface area contributed by atoms with Crippen molar-refractivity contribution in [1.29, 1.82) is 0 Å². The quantitative estimate of drug-likeness (QED) is 0.464. The average molecular weight is 114 g/mol. The Kier molecular flexibility index (Phi) is 1.31. The summed E-state index contributed by atoms with van der Waals surface area (Å²) in [5, 5.41) is 2.37. The maximum Gasteiger partial charge on any atom is 0.0843 e. The van der Waals surface area contributed by atoms with Crippen LogP contribution in [0.2, 0.25) is 0 Å². The lowest BCUT2D eigenvalue weighted by Crippen LogP contribution is -2.97. The fourth-order valence-corrected chi connectivity index (χ4v) is 1.04. The molecule has 0 spiro atoms. The highest BCUT2D eigenvalue weighted by Gasteiger charge is 2.33. The summed E-state index contributed by atoms with van der Waals surface area (Å²) in [6, 6.07) is 0. The number of hydrogen-bond donors (Lipinski definition) is 1. The molecule has 0 saturated carbocycles. The highest BCUT2D eigenvalue weighted by atomic mass is 15.0. The van der Waals surface area contributed by atoms with E-state index >= 15 is 0 Å². The highest BCUT2D eigenvalue weighted by molar-refractivity contribution is 4.75. The topological polar surface area (TPSA) is 16.6 Å². The van der Waals surface area contributed by atoms with Crippen LogP contribution in [0.3, 0.4) is 0 Å². The van der Waals surface area contributed by atoms with Crippen molar-refractivity contribution < 1.29 is 5.32 Å². The zero-order valence-electron chi connectivity index (χ0n) is 6.07. The van der Waals surface area contributed by atoms with Crippen molar-refractivity contribution in [2.75, 3.05) is 13.1 Å². The molecule has 0 aromatic heterocycles. The van der Waals surface area contributed by atoms with E-state index in [1.165, 1.54) is 13.1 Å². The standard InChI is InChI=1S/C7H15N/c1-7(2,3)6-4-8-5-6/h6,8H,4-5H2,1-3H3/p+1. The zero-order valence-corrected chi connectivity index (χ0v) is 6.07. The largest absolute Gasteiger partial charge is 0.345 e. The van der Waals surface area contributed by atoms with Gasteiger partial charge in [0, 0.05) is 0 Å². The van der Waals surface area contributed by atoms with Crippen molar-refractivity contribution in [3.8, 4) is 0 Å². The lowest BCUT2D eigenvalue weighted by molar-refractivity contribution is -0.728. The second-order valence-electron chi connectivity index (χ2n) is 3.82.